The highest BCUT2D eigenvalue weighted by atomic mass is 32.1. The first-order valence-corrected chi connectivity index (χ1v) is 15.9. The third-order valence-electron chi connectivity index (χ3n) is 7.74. The van der Waals surface area contributed by atoms with E-state index in [1.165, 1.54) is 11.3 Å². The van der Waals surface area contributed by atoms with Crippen LogP contribution in [0.5, 0.6) is 11.5 Å². The van der Waals surface area contributed by atoms with Crippen molar-refractivity contribution in [2.24, 2.45) is 4.99 Å². The van der Waals surface area contributed by atoms with Crippen LogP contribution in [0.4, 0.5) is 0 Å². The molecule has 6 rings (SSSR count). The molecule has 1 aliphatic heterocycles. The van der Waals surface area contributed by atoms with Crippen molar-refractivity contribution in [1.82, 2.24) is 4.57 Å². The lowest BCUT2D eigenvalue weighted by Gasteiger charge is -2.28. The third-order valence-corrected chi connectivity index (χ3v) is 8.73. The van der Waals surface area contributed by atoms with Gasteiger partial charge in [-0.25, -0.2) is 9.79 Å². The number of ether oxygens (including phenoxy) is 3. The molecule has 7 nitrogen and oxygen atoms in total. The quantitative estimate of drug-likeness (QED) is 0.171. The Morgan fingerprint density at radius 2 is 1.71 bits per heavy atom. The van der Waals surface area contributed by atoms with Crippen LogP contribution in [0.1, 0.15) is 49.4 Å². The van der Waals surface area contributed by atoms with Gasteiger partial charge in [0.05, 0.1) is 29.5 Å². The first-order valence-electron chi connectivity index (χ1n) is 15.1. The fourth-order valence-electron chi connectivity index (χ4n) is 5.68. The summed E-state index contributed by atoms with van der Waals surface area (Å²) in [4.78, 5) is 33.4. The molecule has 0 saturated carbocycles. The van der Waals surface area contributed by atoms with E-state index in [2.05, 4.69) is 0 Å². The second-order valence-corrected chi connectivity index (χ2v) is 11.7. The van der Waals surface area contributed by atoms with Gasteiger partial charge in [0, 0.05) is 5.56 Å². The number of nitrogens with zero attached hydrogens (tertiary/aromatic N) is 2. The first kappa shape index (κ1) is 30.1. The van der Waals surface area contributed by atoms with E-state index in [4.69, 9.17) is 19.2 Å². The Morgan fingerprint density at radius 3 is 2.44 bits per heavy atom. The Morgan fingerprint density at radius 1 is 0.956 bits per heavy atom. The molecule has 0 bridgehead atoms. The zero-order valence-electron chi connectivity index (χ0n) is 25.5. The maximum absolute atomic E-state index is 14.3. The van der Waals surface area contributed by atoms with Crippen LogP contribution in [0.15, 0.2) is 112 Å². The summed E-state index contributed by atoms with van der Waals surface area (Å²) >= 11 is 1.31. The van der Waals surface area contributed by atoms with E-state index >= 15 is 0 Å². The van der Waals surface area contributed by atoms with Crippen LogP contribution in [0, 0.1) is 0 Å². The lowest BCUT2D eigenvalue weighted by molar-refractivity contribution is -0.139. The van der Waals surface area contributed by atoms with Crippen LogP contribution in [-0.2, 0) is 16.1 Å². The van der Waals surface area contributed by atoms with Gasteiger partial charge in [0.1, 0.15) is 24.1 Å². The molecule has 0 saturated heterocycles. The van der Waals surface area contributed by atoms with Gasteiger partial charge in [0.15, 0.2) is 4.80 Å². The summed E-state index contributed by atoms with van der Waals surface area (Å²) in [5, 5.41) is 1.87. The van der Waals surface area contributed by atoms with Crippen molar-refractivity contribution in [3.63, 3.8) is 0 Å². The van der Waals surface area contributed by atoms with Crippen molar-refractivity contribution in [3.8, 4) is 11.5 Å². The average molecular weight is 619 g/mol. The minimum absolute atomic E-state index is 0.205. The summed E-state index contributed by atoms with van der Waals surface area (Å²) in [5.41, 5.74) is 3.43. The van der Waals surface area contributed by atoms with Crippen molar-refractivity contribution in [3.05, 3.63) is 139 Å². The lowest BCUT2D eigenvalue weighted by Crippen LogP contribution is -2.40. The number of allylic oxidation sites excluding steroid dienone is 1. The molecule has 2 heterocycles. The van der Waals surface area contributed by atoms with Gasteiger partial charge in [0.25, 0.3) is 5.56 Å². The summed E-state index contributed by atoms with van der Waals surface area (Å²) in [5.74, 6) is 0.841. The number of methoxy groups -OCH3 is 1. The molecule has 0 amide bonds. The molecule has 0 fully saturated rings. The molecule has 228 valence electrons. The van der Waals surface area contributed by atoms with E-state index in [-0.39, 0.29) is 12.2 Å². The number of carbonyl (C=O) groups excluding carboxylic acids is 1. The maximum atomic E-state index is 14.3. The zero-order chi connectivity index (χ0) is 31.3. The van der Waals surface area contributed by atoms with Crippen LogP contribution in [0.25, 0.3) is 16.8 Å². The zero-order valence-corrected chi connectivity index (χ0v) is 26.3. The molecule has 0 spiro atoms. The largest absolute Gasteiger partial charge is 0.496 e. The second-order valence-electron chi connectivity index (χ2n) is 10.7. The van der Waals surface area contributed by atoms with Crippen molar-refractivity contribution in [2.75, 3.05) is 13.7 Å². The van der Waals surface area contributed by atoms with Gasteiger partial charge in [-0.1, -0.05) is 97.5 Å². The van der Waals surface area contributed by atoms with E-state index in [1.807, 2.05) is 104 Å². The summed E-state index contributed by atoms with van der Waals surface area (Å²) in [7, 11) is 1.60. The molecule has 1 unspecified atom stereocenters. The highest BCUT2D eigenvalue weighted by Gasteiger charge is 2.37. The Labute approximate surface area is 265 Å². The first-order chi connectivity index (χ1) is 22.0. The van der Waals surface area contributed by atoms with E-state index in [1.54, 1.807) is 18.6 Å². The molecule has 5 aromatic rings. The standard InChI is InChI=1S/C37H34N2O5S/c1-4-11-29-33(36(41)43-5-2)34(32-28-15-10-9-14-26(28)18-21-30(32)42-3)39-35(40)31(45-37(39)38-29)22-24-16-19-27(20-17-24)44-23-25-12-7-6-8-13-25/h6-10,12-22,34H,4-5,11,23H2,1-3H3/b31-22-. The molecule has 45 heavy (non-hydrogen) atoms. The molecule has 4 aromatic carbocycles. The number of hydrogen-bond acceptors (Lipinski definition) is 7. The van der Waals surface area contributed by atoms with Crippen LogP contribution in [0.2, 0.25) is 0 Å². The van der Waals surface area contributed by atoms with E-state index < -0.39 is 12.0 Å². The van der Waals surface area contributed by atoms with Crippen molar-refractivity contribution < 1.29 is 19.0 Å². The van der Waals surface area contributed by atoms with Crippen molar-refractivity contribution in [2.45, 2.75) is 39.3 Å². The second kappa shape index (κ2) is 13.4. The fourth-order valence-corrected chi connectivity index (χ4v) is 6.70. The van der Waals surface area contributed by atoms with Gasteiger partial charge in [-0.05, 0) is 59.5 Å². The summed E-state index contributed by atoms with van der Waals surface area (Å²) in [6, 6.07) is 28.6. The van der Waals surface area contributed by atoms with Gasteiger partial charge in [-0.3, -0.25) is 9.36 Å². The Kier molecular flexibility index (Phi) is 8.93. The number of thiazole rings is 1. The van der Waals surface area contributed by atoms with E-state index in [9.17, 15) is 9.59 Å². The minimum atomic E-state index is -0.779. The van der Waals surface area contributed by atoms with Gasteiger partial charge < -0.3 is 14.2 Å². The number of carbonyl (C=O) groups is 1. The van der Waals surface area contributed by atoms with Crippen LogP contribution in [0.3, 0.4) is 0 Å². The van der Waals surface area contributed by atoms with Crippen LogP contribution in [-0.4, -0.2) is 24.3 Å². The molecule has 1 atom stereocenters. The molecule has 1 aliphatic rings. The van der Waals surface area contributed by atoms with E-state index in [0.29, 0.717) is 39.4 Å². The highest BCUT2D eigenvalue weighted by Crippen LogP contribution is 2.41. The van der Waals surface area contributed by atoms with Gasteiger partial charge in [0.2, 0.25) is 0 Å². The van der Waals surface area contributed by atoms with Crippen molar-refractivity contribution in [1.29, 1.82) is 0 Å². The minimum Gasteiger partial charge on any atom is -0.496 e. The molecule has 1 aromatic heterocycles. The van der Waals surface area contributed by atoms with Gasteiger partial charge >= 0.3 is 5.97 Å². The smallest absolute Gasteiger partial charge is 0.338 e. The lowest BCUT2D eigenvalue weighted by atomic mass is 9.90. The predicted molar refractivity (Wildman–Crippen MR) is 177 cm³/mol. The molecule has 0 radical (unpaired) electrons. The molecule has 8 heteroatoms. The van der Waals surface area contributed by atoms with Gasteiger partial charge in [-0.15, -0.1) is 0 Å². The Balaban J connectivity index is 1.49. The predicted octanol–water partition coefficient (Wildman–Crippen LogP) is 6.32. The Hall–Kier alpha value is -4.95. The number of hydrogen-bond donors (Lipinski definition) is 0. The molecular weight excluding hydrogens is 584 g/mol. The summed E-state index contributed by atoms with van der Waals surface area (Å²) < 4.78 is 19.5. The van der Waals surface area contributed by atoms with E-state index in [0.717, 1.165) is 39.6 Å². The van der Waals surface area contributed by atoms with Crippen LogP contribution >= 0.6 is 11.3 Å². The average Bonchev–Trinajstić information content (AvgIpc) is 3.37. The number of fused-ring (bicyclic) bond motifs is 2. The topological polar surface area (TPSA) is 79.1 Å². The summed E-state index contributed by atoms with van der Waals surface area (Å²) in [6.07, 6.45) is 3.19. The molecular formula is C37H34N2O5S. The number of aromatic nitrogens is 1. The number of rotatable bonds is 10. The number of esters is 1. The third kappa shape index (κ3) is 6.06. The van der Waals surface area contributed by atoms with Crippen molar-refractivity contribution >= 4 is 34.2 Å². The fraction of sp³-hybridized carbons (Fsp3) is 0.216. The molecule has 0 N–H and O–H groups in total. The number of benzene rings is 4. The SMILES string of the molecule is CCCC1=C(C(=O)OCC)C(c2c(OC)ccc3ccccc23)n2c(s/c(=C\c3ccc(OCc4ccccc4)cc3)c2=O)=N1. The maximum Gasteiger partial charge on any atom is 0.338 e. The highest BCUT2D eigenvalue weighted by molar-refractivity contribution is 7.07. The van der Waals surface area contributed by atoms with Crippen LogP contribution < -0.4 is 24.4 Å². The monoisotopic (exact) mass is 618 g/mol. The van der Waals surface area contributed by atoms with Gasteiger partial charge in [-0.2, -0.15) is 0 Å². The summed E-state index contributed by atoms with van der Waals surface area (Å²) in [6.45, 7) is 4.50. The Bertz CT molecular complexity index is 2060. The normalized spacial score (nSPS) is 14.6. The molecule has 0 aliphatic carbocycles.